The minimum absolute atomic E-state index is 0.0599. The number of hydrogen-bond donors (Lipinski definition) is 4. The SMILES string of the molecule is C[Si](C)(Oc1ccc(C(=O)O)c(C(=O)O)c1)Oc1ccc(C(=O)O)c(C(=O)O)c1. The number of carboxylic acids is 4. The monoisotopic (exact) mass is 420 g/mol. The van der Waals surface area contributed by atoms with Crippen LogP contribution in [0.5, 0.6) is 11.5 Å². The first-order valence-corrected chi connectivity index (χ1v) is 10.8. The molecule has 0 heterocycles. The Kier molecular flexibility index (Phi) is 5.93. The van der Waals surface area contributed by atoms with Crippen LogP contribution < -0.4 is 8.85 Å². The topological polar surface area (TPSA) is 168 Å². The van der Waals surface area contributed by atoms with Gasteiger partial charge in [0, 0.05) is 13.1 Å². The van der Waals surface area contributed by atoms with Crippen LogP contribution in [0.1, 0.15) is 41.4 Å². The van der Waals surface area contributed by atoms with E-state index in [1.807, 2.05) is 0 Å². The van der Waals surface area contributed by atoms with Gasteiger partial charge in [0.25, 0.3) is 0 Å². The quantitative estimate of drug-likeness (QED) is 0.466. The summed E-state index contributed by atoms with van der Waals surface area (Å²) in [5.41, 5.74) is -1.72. The molecule has 4 N–H and O–H groups in total. The Bertz CT molecular complexity index is 932. The van der Waals surface area contributed by atoms with Crippen molar-refractivity contribution >= 4 is 32.4 Å². The molecule has 0 radical (unpaired) electrons. The van der Waals surface area contributed by atoms with E-state index >= 15 is 0 Å². The first-order chi connectivity index (χ1) is 13.4. The first-order valence-electron chi connectivity index (χ1n) is 8.00. The number of hydrogen-bond acceptors (Lipinski definition) is 6. The van der Waals surface area contributed by atoms with Crippen molar-refractivity contribution in [2.24, 2.45) is 0 Å². The average Bonchev–Trinajstić information content (AvgIpc) is 2.60. The first kappa shape index (κ1) is 21.4. The van der Waals surface area contributed by atoms with E-state index in [0.29, 0.717) is 0 Å². The lowest BCUT2D eigenvalue weighted by Crippen LogP contribution is -2.42. The van der Waals surface area contributed by atoms with E-state index in [-0.39, 0.29) is 11.5 Å². The molecule has 152 valence electrons. The predicted octanol–water partition coefficient (Wildman–Crippen LogP) is 2.64. The van der Waals surface area contributed by atoms with E-state index < -0.39 is 54.7 Å². The second-order valence-corrected chi connectivity index (χ2v) is 9.45. The van der Waals surface area contributed by atoms with Gasteiger partial charge in [-0.3, -0.25) is 0 Å². The van der Waals surface area contributed by atoms with E-state index in [1.54, 1.807) is 13.1 Å². The van der Waals surface area contributed by atoms with Gasteiger partial charge < -0.3 is 29.3 Å². The van der Waals surface area contributed by atoms with Gasteiger partial charge in [-0.25, -0.2) is 19.2 Å². The molecule has 0 saturated heterocycles. The Morgan fingerprint density at radius 1 is 0.621 bits per heavy atom. The summed E-state index contributed by atoms with van der Waals surface area (Å²) in [6.07, 6.45) is 0. The summed E-state index contributed by atoms with van der Waals surface area (Å²) in [4.78, 5) is 44.8. The van der Waals surface area contributed by atoms with Crippen LogP contribution in [0.15, 0.2) is 36.4 Å². The van der Waals surface area contributed by atoms with E-state index in [2.05, 4.69) is 0 Å². The zero-order chi connectivity index (χ0) is 21.9. The van der Waals surface area contributed by atoms with Crippen molar-refractivity contribution in [2.45, 2.75) is 13.1 Å². The van der Waals surface area contributed by atoms with Crippen LogP contribution in [0.3, 0.4) is 0 Å². The van der Waals surface area contributed by atoms with Crippen molar-refractivity contribution in [3.05, 3.63) is 58.7 Å². The summed E-state index contributed by atoms with van der Waals surface area (Å²) in [6.45, 7) is 3.17. The highest BCUT2D eigenvalue weighted by Crippen LogP contribution is 2.25. The Morgan fingerprint density at radius 2 is 0.931 bits per heavy atom. The molecule has 0 amide bonds. The molecule has 0 atom stereocenters. The van der Waals surface area contributed by atoms with Crippen LogP contribution in [0.25, 0.3) is 0 Å². The third-order valence-electron chi connectivity index (χ3n) is 3.63. The van der Waals surface area contributed by atoms with Gasteiger partial charge in [0.2, 0.25) is 0 Å². The minimum atomic E-state index is -3.07. The van der Waals surface area contributed by atoms with Crippen molar-refractivity contribution in [3.63, 3.8) is 0 Å². The highest BCUT2D eigenvalue weighted by molar-refractivity contribution is 6.66. The summed E-state index contributed by atoms with van der Waals surface area (Å²) in [6, 6.07) is 6.86. The van der Waals surface area contributed by atoms with E-state index in [9.17, 15) is 29.4 Å². The van der Waals surface area contributed by atoms with Gasteiger partial charge in [-0.2, -0.15) is 0 Å². The van der Waals surface area contributed by atoms with Gasteiger partial charge in [0.15, 0.2) is 0 Å². The molecule has 0 unspecified atom stereocenters. The molecule has 11 heteroatoms. The van der Waals surface area contributed by atoms with Crippen LogP contribution in [-0.2, 0) is 0 Å². The molecular formula is C18H16O10Si. The fourth-order valence-corrected chi connectivity index (χ4v) is 3.92. The second kappa shape index (κ2) is 8.02. The molecule has 0 saturated carbocycles. The van der Waals surface area contributed by atoms with Crippen molar-refractivity contribution < 1.29 is 48.5 Å². The largest absolute Gasteiger partial charge is 0.512 e. The smallest absolute Gasteiger partial charge is 0.454 e. The predicted molar refractivity (Wildman–Crippen MR) is 99.5 cm³/mol. The number of aromatic carboxylic acids is 4. The zero-order valence-corrected chi connectivity index (χ0v) is 16.2. The third-order valence-corrected chi connectivity index (χ3v) is 5.09. The standard InChI is InChI=1S/C18H16O10Si/c1-29(2,27-9-3-5-11(15(19)20)13(7-9)17(23)24)28-10-4-6-12(16(21)22)14(8-10)18(25)26/h3-8H,1-2H3,(H,19,20)(H,21,22)(H,23,24)(H,25,26). The molecule has 0 bridgehead atoms. The van der Waals surface area contributed by atoms with Crippen LogP contribution in [0, 0.1) is 0 Å². The van der Waals surface area contributed by atoms with Gasteiger partial charge in [-0.1, -0.05) is 0 Å². The summed E-state index contributed by atoms with van der Waals surface area (Å²) in [7, 11) is -3.07. The minimum Gasteiger partial charge on any atom is -0.512 e. The average molecular weight is 420 g/mol. The zero-order valence-electron chi connectivity index (χ0n) is 15.2. The molecule has 2 aromatic carbocycles. The van der Waals surface area contributed by atoms with Gasteiger partial charge in [0.1, 0.15) is 11.5 Å². The van der Waals surface area contributed by atoms with Crippen molar-refractivity contribution in [1.82, 2.24) is 0 Å². The lowest BCUT2D eigenvalue weighted by Gasteiger charge is -2.25. The third kappa shape index (κ3) is 5.10. The Morgan fingerprint density at radius 3 is 1.21 bits per heavy atom. The number of carboxylic acid groups (broad SMARTS) is 4. The highest BCUT2D eigenvalue weighted by atomic mass is 28.4. The van der Waals surface area contributed by atoms with Crippen LogP contribution in [0.2, 0.25) is 13.1 Å². The maximum Gasteiger partial charge on any atom is 0.454 e. The maximum absolute atomic E-state index is 11.3. The van der Waals surface area contributed by atoms with Crippen LogP contribution in [-0.4, -0.2) is 52.9 Å². The molecule has 0 aromatic heterocycles. The van der Waals surface area contributed by atoms with E-state index in [4.69, 9.17) is 19.1 Å². The number of benzene rings is 2. The fourth-order valence-electron chi connectivity index (χ4n) is 2.49. The number of carbonyl (C=O) groups is 4. The molecule has 0 aliphatic rings. The summed E-state index contributed by atoms with van der Waals surface area (Å²) < 4.78 is 11.4. The van der Waals surface area contributed by atoms with Gasteiger partial charge in [-0.15, -0.1) is 0 Å². The molecule has 2 rings (SSSR count). The summed E-state index contributed by atoms with van der Waals surface area (Å²) >= 11 is 0. The van der Waals surface area contributed by atoms with Crippen LogP contribution >= 0.6 is 0 Å². The van der Waals surface area contributed by atoms with Crippen molar-refractivity contribution in [3.8, 4) is 11.5 Å². The van der Waals surface area contributed by atoms with Gasteiger partial charge in [-0.05, 0) is 36.4 Å². The van der Waals surface area contributed by atoms with Gasteiger partial charge in [0.05, 0.1) is 22.3 Å². The number of rotatable bonds is 8. The Labute approximate surface area is 164 Å². The van der Waals surface area contributed by atoms with Crippen LogP contribution in [0.4, 0.5) is 0 Å². The Hall–Kier alpha value is -3.86. The second-order valence-electron chi connectivity index (χ2n) is 6.24. The molecule has 0 aliphatic heterocycles. The van der Waals surface area contributed by atoms with Crippen molar-refractivity contribution in [1.29, 1.82) is 0 Å². The lowest BCUT2D eigenvalue weighted by atomic mass is 10.1. The molecule has 0 aliphatic carbocycles. The van der Waals surface area contributed by atoms with E-state index in [1.165, 1.54) is 12.1 Å². The van der Waals surface area contributed by atoms with Crippen molar-refractivity contribution in [2.75, 3.05) is 0 Å². The van der Waals surface area contributed by atoms with Gasteiger partial charge >= 0.3 is 32.4 Å². The normalized spacial score (nSPS) is 10.8. The van der Waals surface area contributed by atoms with E-state index in [0.717, 1.165) is 24.3 Å². The molecule has 29 heavy (non-hydrogen) atoms. The molecule has 0 fully saturated rings. The molecule has 10 nitrogen and oxygen atoms in total. The Balaban J connectivity index is 2.31. The molecular weight excluding hydrogens is 404 g/mol. The molecule has 0 spiro atoms. The molecule has 2 aromatic rings. The summed E-state index contributed by atoms with van der Waals surface area (Å²) in [5.74, 6) is -5.57. The maximum atomic E-state index is 11.3. The lowest BCUT2D eigenvalue weighted by molar-refractivity contribution is 0.0651. The highest BCUT2D eigenvalue weighted by Gasteiger charge is 2.31. The fraction of sp³-hybridized carbons (Fsp3) is 0.111. The summed E-state index contributed by atoms with van der Waals surface area (Å²) in [5, 5.41) is 36.5.